The summed E-state index contributed by atoms with van der Waals surface area (Å²) in [6, 6.07) is 9.26. The van der Waals surface area contributed by atoms with Gasteiger partial charge in [-0.1, -0.05) is 6.07 Å². The molecule has 1 aliphatic rings. The predicted octanol–water partition coefficient (Wildman–Crippen LogP) is 1.00. The topological polar surface area (TPSA) is 93.2 Å². The van der Waals surface area contributed by atoms with Crippen molar-refractivity contribution < 1.29 is 9.21 Å². The summed E-state index contributed by atoms with van der Waals surface area (Å²) in [4.78, 5) is 24.5. The maximum Gasteiger partial charge on any atom is 0.328 e. The minimum atomic E-state index is -0.329. The van der Waals surface area contributed by atoms with Crippen molar-refractivity contribution in [3.8, 4) is 0 Å². The van der Waals surface area contributed by atoms with E-state index in [9.17, 15) is 9.59 Å². The van der Waals surface area contributed by atoms with Crippen molar-refractivity contribution in [3.05, 3.63) is 57.9 Å². The molecule has 8 heteroatoms. The lowest BCUT2D eigenvalue weighted by Crippen LogP contribution is -2.42. The molecule has 27 heavy (non-hydrogen) atoms. The lowest BCUT2D eigenvalue weighted by atomic mass is 10.1. The molecule has 1 aliphatic heterocycles. The predicted molar refractivity (Wildman–Crippen MR) is 101 cm³/mol. The quantitative estimate of drug-likeness (QED) is 0.638. The van der Waals surface area contributed by atoms with E-state index in [1.54, 1.807) is 23.2 Å². The van der Waals surface area contributed by atoms with Crippen LogP contribution in [0.4, 0.5) is 0 Å². The van der Waals surface area contributed by atoms with Crippen LogP contribution in [0.5, 0.6) is 0 Å². The van der Waals surface area contributed by atoms with Gasteiger partial charge in [0.1, 0.15) is 17.6 Å². The van der Waals surface area contributed by atoms with E-state index in [0.29, 0.717) is 13.0 Å². The molecule has 2 atom stereocenters. The van der Waals surface area contributed by atoms with Crippen molar-refractivity contribution in [1.29, 1.82) is 0 Å². The van der Waals surface area contributed by atoms with Gasteiger partial charge in [-0.2, -0.15) is 0 Å². The van der Waals surface area contributed by atoms with Crippen LogP contribution in [0, 0.1) is 6.92 Å². The molecular weight excluding hydrogens is 346 g/mol. The number of nitrogens with one attached hydrogen (secondary N) is 3. The summed E-state index contributed by atoms with van der Waals surface area (Å²) >= 11 is 0. The van der Waals surface area contributed by atoms with Crippen molar-refractivity contribution in [2.75, 3.05) is 0 Å². The number of furan rings is 1. The van der Waals surface area contributed by atoms with Gasteiger partial charge >= 0.3 is 5.69 Å². The van der Waals surface area contributed by atoms with Gasteiger partial charge in [-0.25, -0.2) is 15.6 Å². The number of hydrogen-bond acceptors (Lipinski definition) is 5. The largest absolute Gasteiger partial charge is 0.465 e. The van der Waals surface area contributed by atoms with E-state index in [4.69, 9.17) is 4.42 Å². The highest BCUT2D eigenvalue weighted by atomic mass is 16.3. The summed E-state index contributed by atoms with van der Waals surface area (Å²) in [5.74, 6) is 1.60. The first-order chi connectivity index (χ1) is 12.9. The zero-order chi connectivity index (χ0) is 19.1. The van der Waals surface area contributed by atoms with Crippen LogP contribution in [0.15, 0.2) is 39.5 Å². The summed E-state index contributed by atoms with van der Waals surface area (Å²) < 4.78 is 8.85. The third-order valence-corrected chi connectivity index (χ3v) is 5.13. The SMILES string of the molecule is Cc1ccc(C2CC(C(=O)NCc3ccc4c(c3)n(C)c(=O)n4C)NN2)o1. The second-order valence-corrected chi connectivity index (χ2v) is 7.02. The van der Waals surface area contributed by atoms with Gasteiger partial charge in [0.05, 0.1) is 17.1 Å². The Morgan fingerprint density at radius 1 is 1.19 bits per heavy atom. The Labute approximate surface area is 156 Å². The molecule has 3 aromatic rings. The van der Waals surface area contributed by atoms with E-state index in [-0.39, 0.29) is 23.7 Å². The van der Waals surface area contributed by atoms with Gasteiger partial charge in [0.25, 0.3) is 0 Å². The molecule has 2 unspecified atom stereocenters. The van der Waals surface area contributed by atoms with Crippen LogP contribution in [0.25, 0.3) is 11.0 Å². The number of rotatable bonds is 4. The monoisotopic (exact) mass is 369 g/mol. The minimum Gasteiger partial charge on any atom is -0.465 e. The minimum absolute atomic E-state index is 0.0235. The molecule has 3 N–H and O–H groups in total. The maximum absolute atomic E-state index is 12.5. The van der Waals surface area contributed by atoms with Crippen LogP contribution in [-0.4, -0.2) is 21.1 Å². The van der Waals surface area contributed by atoms with Gasteiger partial charge < -0.3 is 9.73 Å². The standard InChI is InChI=1S/C19H23N5O3/c1-11-4-7-17(27-11)13-9-14(22-21-13)18(25)20-10-12-5-6-15-16(8-12)24(3)19(26)23(15)2/h4-8,13-14,21-22H,9-10H2,1-3H3,(H,20,25). The third kappa shape index (κ3) is 3.17. The number of amides is 1. The van der Waals surface area contributed by atoms with E-state index in [1.165, 1.54) is 0 Å². The lowest BCUT2D eigenvalue weighted by molar-refractivity contribution is -0.123. The fourth-order valence-electron chi connectivity index (χ4n) is 3.53. The first kappa shape index (κ1) is 17.6. The Morgan fingerprint density at radius 3 is 2.70 bits per heavy atom. The molecule has 1 fully saturated rings. The van der Waals surface area contributed by atoms with Crippen molar-refractivity contribution in [2.24, 2.45) is 14.1 Å². The molecule has 142 valence electrons. The number of hydrogen-bond donors (Lipinski definition) is 3. The van der Waals surface area contributed by atoms with Crippen LogP contribution in [-0.2, 0) is 25.4 Å². The Morgan fingerprint density at radius 2 is 1.96 bits per heavy atom. The van der Waals surface area contributed by atoms with Crippen LogP contribution in [0.3, 0.4) is 0 Å². The highest BCUT2D eigenvalue weighted by Gasteiger charge is 2.31. The number of carbonyl (C=O) groups excluding carboxylic acids is 1. The average Bonchev–Trinajstić information content (AvgIpc) is 3.37. The van der Waals surface area contributed by atoms with Crippen LogP contribution < -0.4 is 21.9 Å². The zero-order valence-corrected chi connectivity index (χ0v) is 15.6. The maximum atomic E-state index is 12.5. The molecule has 0 aliphatic carbocycles. The first-order valence-electron chi connectivity index (χ1n) is 8.93. The fourth-order valence-corrected chi connectivity index (χ4v) is 3.53. The van der Waals surface area contributed by atoms with Gasteiger partial charge in [-0.15, -0.1) is 0 Å². The van der Waals surface area contributed by atoms with Gasteiger partial charge in [0.15, 0.2) is 0 Å². The van der Waals surface area contributed by atoms with E-state index < -0.39 is 0 Å². The molecule has 2 aromatic heterocycles. The van der Waals surface area contributed by atoms with Gasteiger partial charge in [0, 0.05) is 20.6 Å². The van der Waals surface area contributed by atoms with Crippen molar-refractivity contribution in [2.45, 2.75) is 32.0 Å². The summed E-state index contributed by atoms with van der Waals surface area (Å²) in [6.07, 6.45) is 0.616. The normalized spacial score (nSPS) is 19.7. The molecule has 1 saturated heterocycles. The fraction of sp³-hybridized carbons (Fsp3) is 0.368. The van der Waals surface area contributed by atoms with Crippen molar-refractivity contribution in [3.63, 3.8) is 0 Å². The van der Waals surface area contributed by atoms with Crippen LogP contribution in [0.2, 0.25) is 0 Å². The third-order valence-electron chi connectivity index (χ3n) is 5.13. The number of carbonyl (C=O) groups is 1. The molecule has 3 heterocycles. The molecule has 0 spiro atoms. The molecule has 0 bridgehead atoms. The highest BCUT2D eigenvalue weighted by Crippen LogP contribution is 2.24. The second-order valence-electron chi connectivity index (χ2n) is 7.02. The van der Waals surface area contributed by atoms with E-state index >= 15 is 0 Å². The number of nitrogens with zero attached hydrogens (tertiary/aromatic N) is 2. The summed E-state index contributed by atoms with van der Waals surface area (Å²) in [7, 11) is 3.50. The number of fused-ring (bicyclic) bond motifs is 1. The number of aromatic nitrogens is 2. The summed E-state index contributed by atoms with van der Waals surface area (Å²) in [5.41, 5.74) is 8.74. The number of benzene rings is 1. The Hall–Kier alpha value is -2.84. The molecule has 1 aromatic carbocycles. The molecular formula is C19H23N5O3. The zero-order valence-electron chi connectivity index (χ0n) is 15.6. The molecule has 1 amide bonds. The second kappa shape index (κ2) is 6.71. The van der Waals surface area contributed by atoms with Crippen LogP contribution in [0.1, 0.15) is 29.5 Å². The number of hydrazine groups is 1. The van der Waals surface area contributed by atoms with Gasteiger partial charge in [-0.3, -0.25) is 13.9 Å². The average molecular weight is 369 g/mol. The molecule has 0 saturated carbocycles. The Bertz CT molecular complexity index is 1060. The van der Waals surface area contributed by atoms with Crippen LogP contribution >= 0.6 is 0 Å². The molecule has 8 nitrogen and oxygen atoms in total. The molecule has 0 radical (unpaired) electrons. The van der Waals surface area contributed by atoms with Crippen molar-refractivity contribution >= 4 is 16.9 Å². The van der Waals surface area contributed by atoms with E-state index in [0.717, 1.165) is 28.1 Å². The van der Waals surface area contributed by atoms with E-state index in [1.807, 2.05) is 37.3 Å². The summed E-state index contributed by atoms with van der Waals surface area (Å²) in [6.45, 7) is 2.30. The van der Waals surface area contributed by atoms with E-state index in [2.05, 4.69) is 16.2 Å². The Kier molecular flexibility index (Phi) is 4.37. The Balaban J connectivity index is 1.40. The van der Waals surface area contributed by atoms with Gasteiger partial charge in [-0.05, 0) is 43.2 Å². The first-order valence-corrected chi connectivity index (χ1v) is 8.93. The smallest absolute Gasteiger partial charge is 0.328 e. The molecule has 4 rings (SSSR count). The number of imidazole rings is 1. The van der Waals surface area contributed by atoms with Crippen molar-refractivity contribution in [1.82, 2.24) is 25.3 Å². The number of aryl methyl sites for hydroxylation is 3. The highest BCUT2D eigenvalue weighted by molar-refractivity contribution is 5.82. The summed E-state index contributed by atoms with van der Waals surface area (Å²) in [5, 5.41) is 2.96. The lowest BCUT2D eigenvalue weighted by Gasteiger charge is -2.11. The van der Waals surface area contributed by atoms with Gasteiger partial charge in [0.2, 0.25) is 5.91 Å².